The Morgan fingerprint density at radius 2 is 1.66 bits per heavy atom. The summed E-state index contributed by atoms with van der Waals surface area (Å²) in [5, 5.41) is 3.78. The Morgan fingerprint density at radius 3 is 2.32 bits per heavy atom. The van der Waals surface area contributed by atoms with Gasteiger partial charge in [-0.1, -0.05) is 88.7 Å². The summed E-state index contributed by atoms with van der Waals surface area (Å²) in [7, 11) is -4.13. The zero-order chi connectivity index (χ0) is 29.6. The fourth-order valence-electron chi connectivity index (χ4n) is 4.87. The molecule has 4 rings (SSSR count). The highest BCUT2D eigenvalue weighted by Crippen LogP contribution is 2.28. The molecule has 1 fully saturated rings. The van der Waals surface area contributed by atoms with Gasteiger partial charge in [0.05, 0.1) is 20.6 Å². The van der Waals surface area contributed by atoms with Gasteiger partial charge in [-0.25, -0.2) is 8.42 Å². The normalized spacial score (nSPS) is 14.7. The van der Waals surface area contributed by atoms with Crippen LogP contribution in [0.25, 0.3) is 0 Å². The van der Waals surface area contributed by atoms with Gasteiger partial charge >= 0.3 is 0 Å². The topological polar surface area (TPSA) is 86.8 Å². The number of amides is 2. The van der Waals surface area contributed by atoms with Crippen molar-refractivity contribution in [3.8, 4) is 0 Å². The molecule has 1 aliphatic rings. The molecule has 0 aliphatic heterocycles. The Hall–Kier alpha value is -2.59. The summed E-state index contributed by atoms with van der Waals surface area (Å²) in [5.41, 5.74) is 0.968. The van der Waals surface area contributed by atoms with Crippen LogP contribution in [0.4, 0.5) is 5.69 Å². The summed E-state index contributed by atoms with van der Waals surface area (Å²) >= 11 is 15.8. The molecule has 1 unspecified atom stereocenters. The SMILES string of the molecule is CC(C(=O)NC1CCCCC1)N(Cc1ccc(Cl)c(Cl)c1)C(=O)CN(c1cccc(Br)c1)S(=O)(=O)c1ccccc1. The maximum absolute atomic E-state index is 14.1. The number of nitrogens with zero attached hydrogens (tertiary/aromatic N) is 2. The van der Waals surface area contributed by atoms with Gasteiger partial charge in [-0.2, -0.15) is 0 Å². The van der Waals surface area contributed by atoms with Gasteiger partial charge in [-0.15, -0.1) is 0 Å². The predicted molar refractivity (Wildman–Crippen MR) is 167 cm³/mol. The van der Waals surface area contributed by atoms with Crippen molar-refractivity contribution in [2.75, 3.05) is 10.8 Å². The van der Waals surface area contributed by atoms with Crippen LogP contribution in [0.1, 0.15) is 44.6 Å². The lowest BCUT2D eigenvalue weighted by molar-refractivity contribution is -0.139. The maximum atomic E-state index is 14.1. The minimum absolute atomic E-state index is 0.0344. The number of hydrogen-bond acceptors (Lipinski definition) is 4. The van der Waals surface area contributed by atoms with E-state index in [4.69, 9.17) is 23.2 Å². The van der Waals surface area contributed by atoms with Crippen molar-refractivity contribution in [2.45, 2.75) is 62.6 Å². The van der Waals surface area contributed by atoms with Gasteiger partial charge in [-0.3, -0.25) is 13.9 Å². The van der Waals surface area contributed by atoms with Crippen molar-refractivity contribution in [1.82, 2.24) is 10.2 Å². The van der Waals surface area contributed by atoms with Crippen LogP contribution < -0.4 is 9.62 Å². The molecule has 0 bridgehead atoms. The first-order valence-electron chi connectivity index (χ1n) is 13.4. The molecular weight excluding hydrogens is 649 g/mol. The van der Waals surface area contributed by atoms with Crippen LogP contribution in [0.3, 0.4) is 0 Å². The van der Waals surface area contributed by atoms with Crippen LogP contribution in [-0.4, -0.2) is 43.8 Å². The number of rotatable bonds is 10. The number of halogens is 3. The average Bonchev–Trinajstić information content (AvgIpc) is 2.96. The third-order valence-corrected chi connectivity index (χ3v) is 10.2. The van der Waals surface area contributed by atoms with Crippen molar-refractivity contribution in [3.63, 3.8) is 0 Å². The van der Waals surface area contributed by atoms with E-state index in [9.17, 15) is 18.0 Å². The van der Waals surface area contributed by atoms with E-state index in [1.807, 2.05) is 0 Å². The second kappa shape index (κ2) is 14.1. The Balaban J connectivity index is 1.68. The Morgan fingerprint density at radius 1 is 0.951 bits per heavy atom. The smallest absolute Gasteiger partial charge is 0.264 e. The van der Waals surface area contributed by atoms with Gasteiger partial charge in [0.15, 0.2) is 0 Å². The van der Waals surface area contributed by atoms with E-state index in [0.29, 0.717) is 25.8 Å². The lowest BCUT2D eigenvalue weighted by atomic mass is 9.95. The summed E-state index contributed by atoms with van der Waals surface area (Å²) in [6, 6.07) is 18.9. The second-order valence-corrected chi connectivity index (χ2v) is 13.7. The molecule has 3 aromatic carbocycles. The van der Waals surface area contributed by atoms with Gasteiger partial charge in [0.25, 0.3) is 10.0 Å². The number of anilines is 1. The van der Waals surface area contributed by atoms with Crippen LogP contribution in [0.15, 0.2) is 82.2 Å². The fourth-order valence-corrected chi connectivity index (χ4v) is 7.00. The summed E-state index contributed by atoms with van der Waals surface area (Å²) in [6.45, 7) is 1.17. The van der Waals surface area contributed by atoms with Crippen LogP contribution in [0.2, 0.25) is 10.0 Å². The summed E-state index contributed by atoms with van der Waals surface area (Å²) in [6.07, 6.45) is 5.02. The minimum atomic E-state index is -4.13. The number of hydrogen-bond donors (Lipinski definition) is 1. The number of benzene rings is 3. The first-order valence-corrected chi connectivity index (χ1v) is 16.4. The number of carbonyl (C=O) groups is 2. The molecule has 0 spiro atoms. The molecule has 0 heterocycles. The van der Waals surface area contributed by atoms with Crippen LogP contribution in [0, 0.1) is 0 Å². The molecule has 1 saturated carbocycles. The van der Waals surface area contributed by atoms with Crippen molar-refractivity contribution >= 4 is 66.7 Å². The molecule has 41 heavy (non-hydrogen) atoms. The van der Waals surface area contributed by atoms with Crippen LogP contribution in [0.5, 0.6) is 0 Å². The zero-order valence-electron chi connectivity index (χ0n) is 22.6. The van der Waals surface area contributed by atoms with Gasteiger partial charge in [0, 0.05) is 17.1 Å². The van der Waals surface area contributed by atoms with Crippen LogP contribution in [-0.2, 0) is 26.2 Å². The number of sulfonamides is 1. The van der Waals surface area contributed by atoms with E-state index in [-0.39, 0.29) is 23.4 Å². The highest BCUT2D eigenvalue weighted by Gasteiger charge is 2.33. The lowest BCUT2D eigenvalue weighted by Gasteiger charge is -2.33. The van der Waals surface area contributed by atoms with Crippen molar-refractivity contribution in [3.05, 3.63) is 92.9 Å². The standard InChI is InChI=1S/C30H32BrCl2N3O4S/c1-21(30(38)34-24-10-4-2-5-11-24)35(19-22-15-16-27(32)28(33)17-22)29(37)20-36(25-12-8-9-23(31)18-25)41(39,40)26-13-6-3-7-14-26/h3,6-9,12-18,21,24H,2,4-5,10-11,19-20H2,1H3,(H,34,38). The average molecular weight is 681 g/mol. The largest absolute Gasteiger partial charge is 0.352 e. The number of nitrogens with one attached hydrogen (secondary N) is 1. The highest BCUT2D eigenvalue weighted by molar-refractivity contribution is 9.10. The van der Waals surface area contributed by atoms with E-state index < -0.39 is 28.5 Å². The molecule has 1 aliphatic carbocycles. The molecule has 218 valence electrons. The van der Waals surface area contributed by atoms with Crippen molar-refractivity contribution in [2.24, 2.45) is 0 Å². The third kappa shape index (κ3) is 8.03. The molecule has 11 heteroatoms. The summed E-state index contributed by atoms with van der Waals surface area (Å²) in [5.74, 6) is -0.827. The van der Waals surface area contributed by atoms with E-state index in [1.54, 1.807) is 67.6 Å². The van der Waals surface area contributed by atoms with E-state index in [2.05, 4.69) is 21.2 Å². The summed E-state index contributed by atoms with van der Waals surface area (Å²) < 4.78 is 29.4. The molecule has 0 aromatic heterocycles. The molecule has 0 radical (unpaired) electrons. The molecule has 1 atom stereocenters. The number of carbonyl (C=O) groups excluding carboxylic acids is 2. The Bertz CT molecular complexity index is 1480. The zero-order valence-corrected chi connectivity index (χ0v) is 26.5. The van der Waals surface area contributed by atoms with Gasteiger partial charge in [0.2, 0.25) is 11.8 Å². The van der Waals surface area contributed by atoms with Gasteiger partial charge in [0.1, 0.15) is 12.6 Å². The maximum Gasteiger partial charge on any atom is 0.264 e. The van der Waals surface area contributed by atoms with Gasteiger partial charge < -0.3 is 10.2 Å². The van der Waals surface area contributed by atoms with Gasteiger partial charge in [-0.05, 0) is 67.8 Å². The molecular formula is C30H32BrCl2N3O4S. The highest BCUT2D eigenvalue weighted by atomic mass is 79.9. The lowest BCUT2D eigenvalue weighted by Crippen LogP contribution is -2.53. The van der Waals surface area contributed by atoms with E-state index in [1.165, 1.54) is 17.0 Å². The molecule has 3 aromatic rings. The quantitative estimate of drug-likeness (QED) is 0.255. The van der Waals surface area contributed by atoms with E-state index in [0.717, 1.165) is 36.4 Å². The van der Waals surface area contributed by atoms with Crippen LogP contribution >= 0.6 is 39.1 Å². The minimum Gasteiger partial charge on any atom is -0.352 e. The second-order valence-electron chi connectivity index (χ2n) is 10.1. The van der Waals surface area contributed by atoms with Crippen molar-refractivity contribution < 1.29 is 18.0 Å². The molecule has 7 nitrogen and oxygen atoms in total. The first-order chi connectivity index (χ1) is 19.6. The first kappa shape index (κ1) is 31.3. The fraction of sp³-hybridized carbons (Fsp3) is 0.333. The predicted octanol–water partition coefficient (Wildman–Crippen LogP) is 6.82. The third-order valence-electron chi connectivity index (χ3n) is 7.16. The van der Waals surface area contributed by atoms with E-state index >= 15 is 0 Å². The summed E-state index contributed by atoms with van der Waals surface area (Å²) in [4.78, 5) is 28.9. The monoisotopic (exact) mass is 679 g/mol. The van der Waals surface area contributed by atoms with Crippen molar-refractivity contribution in [1.29, 1.82) is 0 Å². The Kier molecular flexibility index (Phi) is 10.7. The molecule has 0 saturated heterocycles. The molecule has 2 amide bonds. The Labute approximate surface area is 260 Å². The molecule has 1 N–H and O–H groups in total.